The van der Waals surface area contributed by atoms with Crippen LogP contribution in [0, 0.1) is 11.3 Å². The van der Waals surface area contributed by atoms with E-state index in [-0.39, 0.29) is 6.04 Å². The molecule has 0 aromatic heterocycles. The molecule has 0 saturated heterocycles. The van der Waals surface area contributed by atoms with Crippen molar-refractivity contribution in [2.75, 3.05) is 5.32 Å². The molecule has 3 rings (SSSR count). The molecule has 0 heterocycles. The summed E-state index contributed by atoms with van der Waals surface area (Å²) in [5.41, 5.74) is 4.26. The van der Waals surface area contributed by atoms with Crippen molar-refractivity contribution in [2.45, 2.75) is 18.9 Å². The molecule has 2 aromatic rings. The van der Waals surface area contributed by atoms with E-state index in [2.05, 4.69) is 41.0 Å². The fourth-order valence-corrected chi connectivity index (χ4v) is 2.92. The number of nitriles is 1. The Morgan fingerprint density at radius 3 is 2.67 bits per heavy atom. The lowest BCUT2D eigenvalue weighted by atomic mass is 10.1. The van der Waals surface area contributed by atoms with Gasteiger partial charge in [0, 0.05) is 5.69 Å². The lowest BCUT2D eigenvalue weighted by Gasteiger charge is -2.17. The smallest absolute Gasteiger partial charge is 0.171 e. The lowest BCUT2D eigenvalue weighted by Crippen LogP contribution is -2.31. The maximum Gasteiger partial charge on any atom is 0.171 e. The Hall–Kier alpha value is -2.38. The largest absolute Gasteiger partial charge is 0.356 e. The van der Waals surface area contributed by atoms with Gasteiger partial charge in [-0.05, 0) is 60.5 Å². The molecule has 0 aliphatic heterocycles. The summed E-state index contributed by atoms with van der Waals surface area (Å²) in [4.78, 5) is 0. The molecule has 0 spiro atoms. The van der Waals surface area contributed by atoms with E-state index in [1.807, 2.05) is 12.1 Å². The van der Waals surface area contributed by atoms with E-state index in [1.54, 1.807) is 12.1 Å². The normalized spacial score (nSPS) is 15.9. The summed E-state index contributed by atoms with van der Waals surface area (Å²) in [5.74, 6) is 0. The molecule has 1 atom stereocenters. The molecule has 0 saturated carbocycles. The third kappa shape index (κ3) is 3.04. The molecule has 104 valence electrons. The number of hydrogen-bond acceptors (Lipinski definition) is 2. The van der Waals surface area contributed by atoms with Crippen molar-refractivity contribution in [3.8, 4) is 6.07 Å². The van der Waals surface area contributed by atoms with Crippen molar-refractivity contribution in [3.05, 3.63) is 65.2 Å². The number of nitrogens with one attached hydrogen (secondary N) is 2. The number of aryl methyl sites for hydroxylation is 1. The fourth-order valence-electron chi connectivity index (χ4n) is 2.66. The van der Waals surface area contributed by atoms with Gasteiger partial charge in [-0.25, -0.2) is 0 Å². The van der Waals surface area contributed by atoms with E-state index in [1.165, 1.54) is 11.1 Å². The highest BCUT2D eigenvalue weighted by Gasteiger charge is 2.22. The molecule has 4 heteroatoms. The monoisotopic (exact) mass is 293 g/mol. The van der Waals surface area contributed by atoms with Gasteiger partial charge in [-0.15, -0.1) is 0 Å². The molecule has 0 fully saturated rings. The Morgan fingerprint density at radius 1 is 1.14 bits per heavy atom. The van der Waals surface area contributed by atoms with Crippen molar-refractivity contribution in [1.29, 1.82) is 5.26 Å². The van der Waals surface area contributed by atoms with Crippen LogP contribution in [0.15, 0.2) is 48.5 Å². The molecule has 0 amide bonds. The maximum atomic E-state index is 8.78. The Morgan fingerprint density at radius 2 is 1.90 bits per heavy atom. The van der Waals surface area contributed by atoms with Crippen molar-refractivity contribution in [2.24, 2.45) is 0 Å². The summed E-state index contributed by atoms with van der Waals surface area (Å²) in [7, 11) is 0. The van der Waals surface area contributed by atoms with Crippen LogP contribution >= 0.6 is 12.2 Å². The molecular weight excluding hydrogens is 278 g/mol. The van der Waals surface area contributed by atoms with Gasteiger partial charge in [-0.2, -0.15) is 5.26 Å². The topological polar surface area (TPSA) is 47.9 Å². The number of anilines is 1. The number of thiocarbonyl (C=S) groups is 1. The summed E-state index contributed by atoms with van der Waals surface area (Å²) >= 11 is 5.38. The van der Waals surface area contributed by atoms with Gasteiger partial charge in [0.05, 0.1) is 17.7 Å². The molecule has 1 aliphatic rings. The van der Waals surface area contributed by atoms with Crippen molar-refractivity contribution >= 4 is 23.0 Å². The van der Waals surface area contributed by atoms with E-state index in [9.17, 15) is 0 Å². The van der Waals surface area contributed by atoms with E-state index in [0.29, 0.717) is 10.7 Å². The Labute approximate surface area is 129 Å². The van der Waals surface area contributed by atoms with Gasteiger partial charge in [0.25, 0.3) is 0 Å². The van der Waals surface area contributed by atoms with E-state index in [0.717, 1.165) is 18.5 Å². The van der Waals surface area contributed by atoms with Gasteiger partial charge in [0.1, 0.15) is 0 Å². The minimum atomic E-state index is 0.277. The molecule has 1 unspecified atom stereocenters. The Balaban J connectivity index is 1.63. The second kappa shape index (κ2) is 5.94. The van der Waals surface area contributed by atoms with Crippen LogP contribution in [0.3, 0.4) is 0 Å². The molecule has 0 radical (unpaired) electrons. The molecule has 0 bridgehead atoms. The predicted molar refractivity (Wildman–Crippen MR) is 88.0 cm³/mol. The zero-order valence-electron chi connectivity index (χ0n) is 11.5. The highest BCUT2D eigenvalue weighted by Crippen LogP contribution is 2.30. The average molecular weight is 293 g/mol. The summed E-state index contributed by atoms with van der Waals surface area (Å²) in [6.45, 7) is 0. The number of hydrogen-bond donors (Lipinski definition) is 2. The first-order valence-electron chi connectivity index (χ1n) is 6.92. The summed E-state index contributed by atoms with van der Waals surface area (Å²) in [5, 5.41) is 15.9. The molecule has 2 N–H and O–H groups in total. The highest BCUT2D eigenvalue weighted by molar-refractivity contribution is 7.80. The van der Waals surface area contributed by atoms with E-state index >= 15 is 0 Å². The summed E-state index contributed by atoms with van der Waals surface area (Å²) < 4.78 is 0. The third-order valence-corrected chi connectivity index (χ3v) is 3.93. The molecule has 2 aromatic carbocycles. The summed E-state index contributed by atoms with van der Waals surface area (Å²) in [6.07, 6.45) is 2.15. The second-order valence-electron chi connectivity index (χ2n) is 5.08. The number of fused-ring (bicyclic) bond motifs is 1. The van der Waals surface area contributed by atoms with Crippen LogP contribution in [0.25, 0.3) is 0 Å². The van der Waals surface area contributed by atoms with E-state index < -0.39 is 0 Å². The minimum absolute atomic E-state index is 0.277. The third-order valence-electron chi connectivity index (χ3n) is 3.71. The van der Waals surface area contributed by atoms with Gasteiger partial charge < -0.3 is 10.6 Å². The van der Waals surface area contributed by atoms with Crippen LogP contribution in [-0.2, 0) is 6.42 Å². The first-order valence-corrected chi connectivity index (χ1v) is 7.32. The van der Waals surface area contributed by atoms with Crippen molar-refractivity contribution in [3.63, 3.8) is 0 Å². The van der Waals surface area contributed by atoms with Crippen molar-refractivity contribution in [1.82, 2.24) is 5.32 Å². The number of benzene rings is 2. The van der Waals surface area contributed by atoms with Crippen LogP contribution < -0.4 is 10.6 Å². The quantitative estimate of drug-likeness (QED) is 0.832. The van der Waals surface area contributed by atoms with Crippen LogP contribution in [-0.4, -0.2) is 5.11 Å². The maximum absolute atomic E-state index is 8.78. The lowest BCUT2D eigenvalue weighted by molar-refractivity contribution is 0.644. The standard InChI is InChI=1S/C17H15N3S/c18-11-12-5-8-14(9-6-12)19-17(21)20-16-10-7-13-3-1-2-4-15(13)16/h1-6,8-9,16H,7,10H2,(H2,19,20,21). The van der Waals surface area contributed by atoms with Gasteiger partial charge in [0.2, 0.25) is 0 Å². The van der Waals surface area contributed by atoms with Crippen LogP contribution in [0.4, 0.5) is 5.69 Å². The van der Waals surface area contributed by atoms with Gasteiger partial charge in [-0.3, -0.25) is 0 Å². The van der Waals surface area contributed by atoms with Gasteiger partial charge in [0.15, 0.2) is 5.11 Å². The Kier molecular flexibility index (Phi) is 3.85. The molecule has 3 nitrogen and oxygen atoms in total. The van der Waals surface area contributed by atoms with E-state index in [4.69, 9.17) is 17.5 Å². The number of rotatable bonds is 2. The first kappa shape index (κ1) is 13.6. The molecular formula is C17H15N3S. The summed E-state index contributed by atoms with van der Waals surface area (Å²) in [6, 6.07) is 18.1. The molecule has 21 heavy (non-hydrogen) atoms. The van der Waals surface area contributed by atoms with Crippen LogP contribution in [0.2, 0.25) is 0 Å². The van der Waals surface area contributed by atoms with Gasteiger partial charge in [-0.1, -0.05) is 24.3 Å². The first-order chi connectivity index (χ1) is 10.3. The average Bonchev–Trinajstić information content (AvgIpc) is 2.91. The SMILES string of the molecule is N#Cc1ccc(NC(=S)NC2CCc3ccccc32)cc1. The minimum Gasteiger partial charge on any atom is -0.356 e. The second-order valence-corrected chi connectivity index (χ2v) is 5.49. The predicted octanol–water partition coefficient (Wildman–Crippen LogP) is 3.53. The zero-order valence-corrected chi connectivity index (χ0v) is 12.3. The van der Waals surface area contributed by atoms with Crippen LogP contribution in [0.5, 0.6) is 0 Å². The highest BCUT2D eigenvalue weighted by atomic mass is 32.1. The van der Waals surface area contributed by atoms with Gasteiger partial charge >= 0.3 is 0 Å². The zero-order chi connectivity index (χ0) is 14.7. The Bertz CT molecular complexity index is 701. The van der Waals surface area contributed by atoms with Crippen molar-refractivity contribution < 1.29 is 0 Å². The van der Waals surface area contributed by atoms with Crippen LogP contribution in [0.1, 0.15) is 29.2 Å². The molecule has 1 aliphatic carbocycles. The number of nitrogens with zero attached hydrogens (tertiary/aromatic N) is 1. The fraction of sp³-hybridized carbons (Fsp3) is 0.176.